The van der Waals surface area contributed by atoms with E-state index in [9.17, 15) is 22.8 Å². The second kappa shape index (κ2) is 7.04. The molecule has 0 unspecified atom stereocenters. The highest BCUT2D eigenvalue weighted by Gasteiger charge is 2.38. The Morgan fingerprint density at radius 1 is 1.25 bits per heavy atom. The third-order valence-corrected chi connectivity index (χ3v) is 1.47. The van der Waals surface area contributed by atoms with Crippen molar-refractivity contribution in [2.45, 2.75) is 19.0 Å². The van der Waals surface area contributed by atoms with Gasteiger partial charge in [0.15, 0.2) is 0 Å². The van der Waals surface area contributed by atoms with Crippen LogP contribution in [0.4, 0.5) is 13.2 Å². The number of rotatable bonds is 7. The molecule has 16 heavy (non-hydrogen) atoms. The molecule has 0 atom stereocenters. The number of carboxylic acid groups (broad SMARTS) is 1. The zero-order valence-corrected chi connectivity index (χ0v) is 8.34. The molecule has 8 heteroatoms. The van der Waals surface area contributed by atoms with Gasteiger partial charge in [-0.2, -0.15) is 13.2 Å². The molecule has 0 heterocycles. The first-order chi connectivity index (χ1) is 7.34. The van der Waals surface area contributed by atoms with Crippen LogP contribution in [-0.2, 0) is 14.3 Å². The van der Waals surface area contributed by atoms with Crippen LogP contribution in [0.2, 0.25) is 0 Å². The van der Waals surface area contributed by atoms with E-state index in [1.807, 2.05) is 0 Å². The number of amides is 1. The monoisotopic (exact) mass is 243 g/mol. The summed E-state index contributed by atoms with van der Waals surface area (Å²) in [4.78, 5) is 20.3. The average molecular weight is 243 g/mol. The van der Waals surface area contributed by atoms with E-state index in [1.165, 1.54) is 0 Å². The molecule has 1 amide bonds. The normalized spacial score (nSPS) is 11.2. The lowest BCUT2D eigenvalue weighted by Gasteiger charge is -2.07. The van der Waals surface area contributed by atoms with E-state index in [-0.39, 0.29) is 32.6 Å². The lowest BCUT2D eigenvalue weighted by molar-refractivity contribution is -0.173. The van der Waals surface area contributed by atoms with Gasteiger partial charge in [0.25, 0.3) is 0 Å². The Hall–Kier alpha value is -1.31. The second-order valence-electron chi connectivity index (χ2n) is 2.86. The third-order valence-electron chi connectivity index (χ3n) is 1.47. The summed E-state index contributed by atoms with van der Waals surface area (Å²) in [7, 11) is 0. The summed E-state index contributed by atoms with van der Waals surface area (Å²) in [6, 6.07) is 0. The smallest absolute Gasteiger partial charge is 0.471 e. The predicted molar refractivity (Wildman–Crippen MR) is 46.8 cm³/mol. The summed E-state index contributed by atoms with van der Waals surface area (Å²) in [5, 5.41) is 9.88. The van der Waals surface area contributed by atoms with E-state index < -0.39 is 18.1 Å². The van der Waals surface area contributed by atoms with Crippen molar-refractivity contribution in [1.82, 2.24) is 5.32 Å². The van der Waals surface area contributed by atoms with Gasteiger partial charge < -0.3 is 15.2 Å². The van der Waals surface area contributed by atoms with Crippen LogP contribution in [0, 0.1) is 0 Å². The maximum atomic E-state index is 11.7. The van der Waals surface area contributed by atoms with Gasteiger partial charge in [0.05, 0.1) is 13.0 Å². The first-order valence-electron chi connectivity index (χ1n) is 4.48. The van der Waals surface area contributed by atoms with E-state index in [0.29, 0.717) is 0 Å². The minimum absolute atomic E-state index is 0.00253. The van der Waals surface area contributed by atoms with Crippen molar-refractivity contribution in [2.24, 2.45) is 0 Å². The number of aliphatic carboxylic acids is 1. The van der Waals surface area contributed by atoms with E-state index in [4.69, 9.17) is 9.84 Å². The highest BCUT2D eigenvalue weighted by Crippen LogP contribution is 2.13. The molecule has 94 valence electrons. The summed E-state index contributed by atoms with van der Waals surface area (Å²) in [6.45, 7) is -0.0562. The fourth-order valence-electron chi connectivity index (χ4n) is 0.738. The molecule has 5 nitrogen and oxygen atoms in total. The van der Waals surface area contributed by atoms with Crippen LogP contribution in [0.3, 0.4) is 0 Å². The van der Waals surface area contributed by atoms with Crippen LogP contribution >= 0.6 is 0 Å². The fraction of sp³-hybridized carbons (Fsp3) is 0.750. The summed E-state index contributed by atoms with van der Waals surface area (Å²) < 4.78 is 39.8. The molecule has 0 aliphatic heterocycles. The Kier molecular flexibility index (Phi) is 6.47. The van der Waals surface area contributed by atoms with Crippen LogP contribution in [-0.4, -0.2) is 42.9 Å². The van der Waals surface area contributed by atoms with Crippen molar-refractivity contribution in [3.8, 4) is 0 Å². The van der Waals surface area contributed by atoms with Gasteiger partial charge in [0, 0.05) is 13.2 Å². The van der Waals surface area contributed by atoms with Crippen LogP contribution in [0.15, 0.2) is 0 Å². The van der Waals surface area contributed by atoms with Gasteiger partial charge >= 0.3 is 18.1 Å². The van der Waals surface area contributed by atoms with Crippen LogP contribution < -0.4 is 5.32 Å². The standard InChI is InChI=1S/C8H12F3NO4/c9-8(10,11)7(15)12-3-1-4-16-5-2-6(13)14/h1-5H2,(H,12,15)(H,13,14). The number of halogens is 3. The molecule has 0 spiro atoms. The zero-order valence-electron chi connectivity index (χ0n) is 8.34. The van der Waals surface area contributed by atoms with Gasteiger partial charge in [-0.15, -0.1) is 0 Å². The summed E-state index contributed by atoms with van der Waals surface area (Å²) in [6.07, 6.45) is -4.83. The van der Waals surface area contributed by atoms with Gasteiger partial charge in [-0.3, -0.25) is 9.59 Å². The molecular weight excluding hydrogens is 231 g/mol. The topological polar surface area (TPSA) is 75.6 Å². The van der Waals surface area contributed by atoms with Crippen molar-refractivity contribution in [1.29, 1.82) is 0 Å². The van der Waals surface area contributed by atoms with Crippen molar-refractivity contribution >= 4 is 11.9 Å². The average Bonchev–Trinajstić information content (AvgIpc) is 2.14. The highest BCUT2D eigenvalue weighted by atomic mass is 19.4. The Bertz CT molecular complexity index is 242. The lowest BCUT2D eigenvalue weighted by Crippen LogP contribution is -2.37. The zero-order chi connectivity index (χ0) is 12.6. The van der Waals surface area contributed by atoms with Gasteiger partial charge in [-0.1, -0.05) is 0 Å². The van der Waals surface area contributed by atoms with Crippen molar-refractivity contribution in [2.75, 3.05) is 19.8 Å². The van der Waals surface area contributed by atoms with E-state index in [2.05, 4.69) is 0 Å². The third kappa shape index (κ3) is 8.04. The quantitative estimate of drug-likeness (QED) is 0.640. The molecule has 0 bridgehead atoms. The fourth-order valence-corrected chi connectivity index (χ4v) is 0.738. The number of carboxylic acids is 1. The van der Waals surface area contributed by atoms with Crippen molar-refractivity contribution in [3.05, 3.63) is 0 Å². The number of carbonyl (C=O) groups is 2. The van der Waals surface area contributed by atoms with Crippen molar-refractivity contribution < 1.29 is 32.6 Å². The first kappa shape index (κ1) is 14.7. The van der Waals surface area contributed by atoms with Crippen LogP contribution in [0.5, 0.6) is 0 Å². The highest BCUT2D eigenvalue weighted by molar-refractivity contribution is 5.81. The Labute approximate surface area is 89.6 Å². The molecule has 0 saturated carbocycles. The van der Waals surface area contributed by atoms with Crippen molar-refractivity contribution in [3.63, 3.8) is 0 Å². The molecule has 0 rings (SSSR count). The number of nitrogens with one attached hydrogen (secondary N) is 1. The molecular formula is C8H12F3NO4. The summed E-state index contributed by atoms with van der Waals surface area (Å²) in [5.41, 5.74) is 0. The van der Waals surface area contributed by atoms with Gasteiger partial charge in [-0.25, -0.2) is 0 Å². The molecule has 0 aromatic rings. The molecule has 0 aliphatic carbocycles. The van der Waals surface area contributed by atoms with Gasteiger partial charge in [0.2, 0.25) is 0 Å². The number of alkyl halides is 3. The van der Waals surface area contributed by atoms with E-state index in [1.54, 1.807) is 5.32 Å². The van der Waals surface area contributed by atoms with Crippen LogP contribution in [0.25, 0.3) is 0 Å². The second-order valence-corrected chi connectivity index (χ2v) is 2.86. The number of hydrogen-bond acceptors (Lipinski definition) is 3. The van der Waals surface area contributed by atoms with Crippen LogP contribution in [0.1, 0.15) is 12.8 Å². The molecule has 2 N–H and O–H groups in total. The molecule has 0 radical (unpaired) electrons. The molecule has 0 aromatic heterocycles. The summed E-state index contributed by atoms with van der Waals surface area (Å²) in [5.74, 6) is -3.00. The maximum Gasteiger partial charge on any atom is 0.471 e. The minimum atomic E-state index is -4.87. The first-order valence-corrected chi connectivity index (χ1v) is 4.48. The molecule has 0 aromatic carbocycles. The number of ether oxygens (including phenoxy) is 1. The summed E-state index contributed by atoms with van der Waals surface area (Å²) >= 11 is 0. The maximum absolute atomic E-state index is 11.7. The molecule has 0 saturated heterocycles. The SMILES string of the molecule is O=C(O)CCOCCCNC(=O)C(F)(F)F. The Morgan fingerprint density at radius 2 is 1.88 bits per heavy atom. The Morgan fingerprint density at radius 3 is 2.38 bits per heavy atom. The minimum Gasteiger partial charge on any atom is -0.481 e. The Balaban J connectivity index is 3.34. The molecule has 0 fully saturated rings. The van der Waals surface area contributed by atoms with E-state index in [0.717, 1.165) is 0 Å². The van der Waals surface area contributed by atoms with Gasteiger partial charge in [0.1, 0.15) is 0 Å². The number of hydrogen-bond donors (Lipinski definition) is 2. The molecule has 0 aliphatic rings. The predicted octanol–water partition coefficient (Wildman–Crippen LogP) is 0.546. The lowest BCUT2D eigenvalue weighted by atomic mass is 10.4. The number of carbonyl (C=O) groups excluding carboxylic acids is 1. The largest absolute Gasteiger partial charge is 0.481 e. The van der Waals surface area contributed by atoms with Gasteiger partial charge in [-0.05, 0) is 6.42 Å². The van der Waals surface area contributed by atoms with E-state index >= 15 is 0 Å².